The number of para-hydroxylation sites is 1. The van der Waals surface area contributed by atoms with Gasteiger partial charge in [0.25, 0.3) is 0 Å². The number of aryl methyl sites for hydroxylation is 2. The van der Waals surface area contributed by atoms with Gasteiger partial charge in [-0.25, -0.2) is 0 Å². The standard InChI is InChI=1S/C24H31N3O/c1-19-8-3-6-12-22(19)27-16-14-26(15-17-27)18-24(28)25(2)23-13-7-10-20-9-4-5-11-21(20)23/h3-6,8-9,11-12,23H,7,10,13-18H2,1-2H3/t23-/m1/s1. The smallest absolute Gasteiger partial charge is 0.237 e. The summed E-state index contributed by atoms with van der Waals surface area (Å²) in [5.74, 6) is 0.242. The number of amides is 1. The average molecular weight is 378 g/mol. The van der Waals surface area contributed by atoms with E-state index in [4.69, 9.17) is 0 Å². The number of carbonyl (C=O) groups is 1. The highest BCUT2D eigenvalue weighted by Gasteiger charge is 2.28. The topological polar surface area (TPSA) is 26.8 Å². The van der Waals surface area contributed by atoms with Crippen molar-refractivity contribution in [2.45, 2.75) is 32.2 Å². The van der Waals surface area contributed by atoms with Crippen LogP contribution in [0.4, 0.5) is 5.69 Å². The highest BCUT2D eigenvalue weighted by molar-refractivity contribution is 5.78. The van der Waals surface area contributed by atoms with Gasteiger partial charge in [0, 0.05) is 38.9 Å². The van der Waals surface area contributed by atoms with E-state index < -0.39 is 0 Å². The summed E-state index contributed by atoms with van der Waals surface area (Å²) in [5, 5.41) is 0. The summed E-state index contributed by atoms with van der Waals surface area (Å²) in [6.45, 7) is 6.53. The van der Waals surface area contributed by atoms with Crippen molar-refractivity contribution in [2.75, 3.05) is 44.7 Å². The Hall–Kier alpha value is -2.33. The highest BCUT2D eigenvalue weighted by atomic mass is 16.2. The molecular formula is C24H31N3O. The first kappa shape index (κ1) is 19.0. The van der Waals surface area contributed by atoms with Crippen LogP contribution in [-0.4, -0.2) is 55.5 Å². The van der Waals surface area contributed by atoms with E-state index in [9.17, 15) is 4.79 Å². The van der Waals surface area contributed by atoms with Crippen LogP contribution >= 0.6 is 0 Å². The molecule has 1 aliphatic heterocycles. The third-order valence-electron chi connectivity index (χ3n) is 6.39. The molecule has 2 aliphatic rings. The molecule has 2 aromatic rings. The Morgan fingerprint density at radius 2 is 1.75 bits per heavy atom. The predicted octanol–water partition coefficient (Wildman–Crippen LogP) is 3.65. The van der Waals surface area contributed by atoms with E-state index in [-0.39, 0.29) is 11.9 Å². The molecule has 1 heterocycles. The van der Waals surface area contributed by atoms with Crippen LogP contribution in [0.1, 0.15) is 35.6 Å². The van der Waals surface area contributed by atoms with E-state index in [0.29, 0.717) is 6.54 Å². The van der Waals surface area contributed by atoms with E-state index in [1.807, 2.05) is 11.9 Å². The second-order valence-corrected chi connectivity index (χ2v) is 8.16. The number of hydrogen-bond donors (Lipinski definition) is 0. The maximum atomic E-state index is 13.0. The number of rotatable bonds is 4. The van der Waals surface area contributed by atoms with Crippen molar-refractivity contribution in [3.8, 4) is 0 Å². The van der Waals surface area contributed by atoms with Gasteiger partial charge in [-0.1, -0.05) is 42.5 Å². The molecule has 0 spiro atoms. The normalized spacial score (nSPS) is 19.9. The first-order chi connectivity index (χ1) is 13.6. The molecule has 0 radical (unpaired) electrons. The van der Waals surface area contributed by atoms with Crippen LogP contribution in [0, 0.1) is 6.92 Å². The van der Waals surface area contributed by atoms with Crippen molar-refractivity contribution in [1.82, 2.24) is 9.80 Å². The summed E-state index contributed by atoms with van der Waals surface area (Å²) < 4.78 is 0. The monoisotopic (exact) mass is 377 g/mol. The third-order valence-corrected chi connectivity index (χ3v) is 6.39. The van der Waals surface area contributed by atoms with E-state index in [0.717, 1.165) is 45.4 Å². The molecule has 1 aliphatic carbocycles. The zero-order valence-electron chi connectivity index (χ0n) is 17.1. The minimum atomic E-state index is 0.228. The molecule has 148 valence electrons. The molecule has 0 saturated carbocycles. The van der Waals surface area contributed by atoms with Crippen molar-refractivity contribution in [1.29, 1.82) is 0 Å². The molecule has 2 aromatic carbocycles. The molecule has 0 N–H and O–H groups in total. The second kappa shape index (κ2) is 8.36. The summed E-state index contributed by atoms with van der Waals surface area (Å²) >= 11 is 0. The lowest BCUT2D eigenvalue weighted by Gasteiger charge is -2.38. The molecule has 4 rings (SSSR count). The molecule has 4 heteroatoms. The van der Waals surface area contributed by atoms with Crippen LogP contribution in [0.5, 0.6) is 0 Å². The van der Waals surface area contributed by atoms with Crippen LogP contribution in [0.2, 0.25) is 0 Å². The number of likely N-dealkylation sites (N-methyl/N-ethyl adjacent to an activating group) is 1. The van der Waals surface area contributed by atoms with Gasteiger partial charge in [-0.2, -0.15) is 0 Å². The Morgan fingerprint density at radius 3 is 2.54 bits per heavy atom. The molecule has 1 amide bonds. The van der Waals surface area contributed by atoms with Crippen LogP contribution in [0.25, 0.3) is 0 Å². The first-order valence-corrected chi connectivity index (χ1v) is 10.5. The van der Waals surface area contributed by atoms with E-state index in [2.05, 4.69) is 65.3 Å². The predicted molar refractivity (Wildman–Crippen MR) is 115 cm³/mol. The SMILES string of the molecule is Cc1ccccc1N1CCN(CC(=O)N(C)[C@@H]2CCCc3ccccc32)CC1. The quantitative estimate of drug-likeness (QED) is 0.814. The number of anilines is 1. The molecule has 1 fully saturated rings. The Bertz CT molecular complexity index is 826. The van der Waals surface area contributed by atoms with Crippen LogP contribution in [-0.2, 0) is 11.2 Å². The summed E-state index contributed by atoms with van der Waals surface area (Å²) in [6.07, 6.45) is 3.37. The molecular weight excluding hydrogens is 346 g/mol. The second-order valence-electron chi connectivity index (χ2n) is 8.16. The number of piperazine rings is 1. The van der Waals surface area contributed by atoms with Gasteiger partial charge in [0.1, 0.15) is 0 Å². The molecule has 1 atom stereocenters. The van der Waals surface area contributed by atoms with Crippen LogP contribution < -0.4 is 4.90 Å². The molecule has 4 nitrogen and oxygen atoms in total. The van der Waals surface area contributed by atoms with Crippen LogP contribution in [0.3, 0.4) is 0 Å². The van der Waals surface area contributed by atoms with Gasteiger partial charge < -0.3 is 9.80 Å². The number of carbonyl (C=O) groups excluding carboxylic acids is 1. The van der Waals surface area contributed by atoms with Gasteiger partial charge >= 0.3 is 0 Å². The lowest BCUT2D eigenvalue weighted by atomic mass is 9.87. The summed E-state index contributed by atoms with van der Waals surface area (Å²) in [4.78, 5) is 19.7. The van der Waals surface area contributed by atoms with Crippen molar-refractivity contribution < 1.29 is 4.79 Å². The van der Waals surface area contributed by atoms with E-state index in [1.165, 1.54) is 22.4 Å². The van der Waals surface area contributed by atoms with Crippen LogP contribution in [0.15, 0.2) is 48.5 Å². The Morgan fingerprint density at radius 1 is 1.04 bits per heavy atom. The molecule has 0 bridgehead atoms. The maximum absolute atomic E-state index is 13.0. The van der Waals surface area contributed by atoms with Gasteiger partial charge in [0.15, 0.2) is 0 Å². The van der Waals surface area contributed by atoms with Crippen molar-refractivity contribution >= 4 is 11.6 Å². The molecule has 1 saturated heterocycles. The summed E-state index contributed by atoms with van der Waals surface area (Å²) in [6, 6.07) is 17.4. The van der Waals surface area contributed by atoms with Crippen molar-refractivity contribution in [3.63, 3.8) is 0 Å². The Balaban J connectivity index is 1.34. The Labute approximate surface area is 168 Å². The van der Waals surface area contributed by atoms with E-state index >= 15 is 0 Å². The average Bonchev–Trinajstić information content (AvgIpc) is 2.74. The highest BCUT2D eigenvalue weighted by Crippen LogP contribution is 2.33. The van der Waals surface area contributed by atoms with Gasteiger partial charge in [-0.3, -0.25) is 9.69 Å². The minimum absolute atomic E-state index is 0.228. The molecule has 0 unspecified atom stereocenters. The van der Waals surface area contributed by atoms with Gasteiger partial charge in [-0.05, 0) is 48.9 Å². The van der Waals surface area contributed by atoms with Crippen molar-refractivity contribution in [3.05, 3.63) is 65.2 Å². The first-order valence-electron chi connectivity index (χ1n) is 10.5. The third kappa shape index (κ3) is 3.93. The van der Waals surface area contributed by atoms with E-state index in [1.54, 1.807) is 0 Å². The Kier molecular flexibility index (Phi) is 5.67. The number of benzene rings is 2. The van der Waals surface area contributed by atoms with Gasteiger partial charge in [-0.15, -0.1) is 0 Å². The number of fused-ring (bicyclic) bond motifs is 1. The fourth-order valence-electron chi connectivity index (χ4n) is 4.67. The summed E-state index contributed by atoms with van der Waals surface area (Å²) in [7, 11) is 1.98. The molecule has 28 heavy (non-hydrogen) atoms. The molecule has 0 aromatic heterocycles. The lowest BCUT2D eigenvalue weighted by Crippen LogP contribution is -2.50. The maximum Gasteiger partial charge on any atom is 0.237 e. The fourth-order valence-corrected chi connectivity index (χ4v) is 4.67. The van der Waals surface area contributed by atoms with Gasteiger partial charge in [0.2, 0.25) is 5.91 Å². The minimum Gasteiger partial charge on any atom is -0.369 e. The van der Waals surface area contributed by atoms with Crippen molar-refractivity contribution in [2.24, 2.45) is 0 Å². The van der Waals surface area contributed by atoms with Gasteiger partial charge in [0.05, 0.1) is 12.6 Å². The largest absolute Gasteiger partial charge is 0.369 e. The zero-order chi connectivity index (χ0) is 19.5. The fraction of sp³-hybridized carbons (Fsp3) is 0.458. The number of nitrogens with zero attached hydrogens (tertiary/aromatic N) is 3. The zero-order valence-corrected chi connectivity index (χ0v) is 17.1. The lowest BCUT2D eigenvalue weighted by molar-refractivity contribution is -0.133. The number of hydrogen-bond acceptors (Lipinski definition) is 3. The summed E-state index contributed by atoms with van der Waals surface area (Å²) in [5.41, 5.74) is 5.39.